The van der Waals surface area contributed by atoms with E-state index in [0.29, 0.717) is 5.69 Å². The van der Waals surface area contributed by atoms with E-state index in [-0.39, 0.29) is 30.3 Å². The molecule has 0 aromatic heterocycles. The van der Waals surface area contributed by atoms with Crippen molar-refractivity contribution in [3.8, 4) is 0 Å². The highest BCUT2D eigenvalue weighted by Crippen LogP contribution is 2.32. The largest absolute Gasteiger partial charge is 0.290 e. The van der Waals surface area contributed by atoms with E-state index in [1.807, 2.05) is 42.5 Å². The first-order chi connectivity index (χ1) is 16.5. The van der Waals surface area contributed by atoms with Crippen molar-refractivity contribution in [2.75, 3.05) is 31.1 Å². The molecule has 2 atom stereocenters. The van der Waals surface area contributed by atoms with Crippen LogP contribution in [0.5, 0.6) is 0 Å². The zero-order chi connectivity index (χ0) is 23.7. The van der Waals surface area contributed by atoms with E-state index in [9.17, 15) is 9.59 Å². The summed E-state index contributed by atoms with van der Waals surface area (Å²) < 4.78 is 1.07. The second kappa shape index (κ2) is 10.2. The smallest absolute Gasteiger partial charge is 0.251 e. The molecule has 2 aliphatic heterocycles. The Morgan fingerprint density at radius 2 is 1.41 bits per heavy atom. The fourth-order valence-corrected chi connectivity index (χ4v) is 5.45. The molecule has 0 N–H and O–H groups in total. The molecule has 5 rings (SSSR count). The van der Waals surface area contributed by atoms with Crippen LogP contribution in [0.4, 0.5) is 5.69 Å². The second-order valence-electron chi connectivity index (χ2n) is 8.70. The number of rotatable bonds is 5. The molecule has 2 aliphatic rings. The van der Waals surface area contributed by atoms with Gasteiger partial charge in [0.1, 0.15) is 0 Å². The van der Waals surface area contributed by atoms with Crippen LogP contribution in [-0.4, -0.2) is 53.8 Å². The molecular weight excluding hydrogens is 561 g/mol. The average Bonchev–Trinajstić information content (AvgIpc) is 3.16. The number of nitrogens with zero attached hydrogens (tertiary/aromatic N) is 3. The van der Waals surface area contributed by atoms with Crippen molar-refractivity contribution in [3.63, 3.8) is 0 Å². The molecule has 7 heteroatoms. The molecule has 2 fully saturated rings. The van der Waals surface area contributed by atoms with Crippen molar-refractivity contribution in [2.45, 2.75) is 18.5 Å². The van der Waals surface area contributed by atoms with Crippen LogP contribution in [0.25, 0.3) is 0 Å². The third-order valence-electron chi connectivity index (χ3n) is 6.66. The van der Waals surface area contributed by atoms with E-state index >= 15 is 0 Å². The molecular formula is C27H25ClIN3O2. The maximum Gasteiger partial charge on any atom is 0.251 e. The number of imide groups is 1. The number of carbonyl (C=O) groups excluding carboxylic acids is 2. The lowest BCUT2D eigenvalue weighted by atomic mass is 9.96. The predicted octanol–water partition coefficient (Wildman–Crippen LogP) is 4.98. The molecule has 34 heavy (non-hydrogen) atoms. The van der Waals surface area contributed by atoms with Gasteiger partial charge in [0.15, 0.2) is 0 Å². The molecule has 0 bridgehead atoms. The van der Waals surface area contributed by atoms with Gasteiger partial charge in [-0.05, 0) is 70.1 Å². The fourth-order valence-electron chi connectivity index (χ4n) is 4.96. The van der Waals surface area contributed by atoms with Crippen molar-refractivity contribution in [1.29, 1.82) is 0 Å². The molecule has 0 saturated carbocycles. The van der Waals surface area contributed by atoms with Crippen molar-refractivity contribution in [2.24, 2.45) is 0 Å². The number of hydrogen-bond donors (Lipinski definition) is 0. The highest BCUT2D eigenvalue weighted by atomic mass is 127. The normalized spacial score (nSPS) is 20.6. The zero-order valence-corrected chi connectivity index (χ0v) is 21.5. The predicted molar refractivity (Wildman–Crippen MR) is 143 cm³/mol. The summed E-state index contributed by atoms with van der Waals surface area (Å²) in [6.07, 6.45) is 0.240. The average molecular weight is 586 g/mol. The number of hydrogen-bond acceptors (Lipinski definition) is 4. The topological polar surface area (TPSA) is 43.9 Å². The van der Waals surface area contributed by atoms with Gasteiger partial charge in [-0.15, -0.1) is 0 Å². The standard InChI is InChI=1S/C27H25ClIN3O2/c28-21-8-6-20(7-9-21)26(19-4-2-1-3-5-19)31-16-14-30(15-17-31)24-18-25(33)32(27(24)34)23-12-10-22(29)11-13-23/h1-13,24,26H,14-18H2/t24-,26+/m1/s1. The minimum Gasteiger partial charge on any atom is -0.290 e. The summed E-state index contributed by atoms with van der Waals surface area (Å²) in [6.45, 7) is 3.09. The summed E-state index contributed by atoms with van der Waals surface area (Å²) in [4.78, 5) is 32.0. The summed E-state index contributed by atoms with van der Waals surface area (Å²) in [5.74, 6) is -0.237. The Morgan fingerprint density at radius 3 is 2.06 bits per heavy atom. The van der Waals surface area contributed by atoms with Crippen LogP contribution in [0.2, 0.25) is 5.02 Å². The number of anilines is 1. The molecule has 0 radical (unpaired) electrons. The molecule has 3 aromatic rings. The van der Waals surface area contributed by atoms with Crippen LogP contribution in [-0.2, 0) is 9.59 Å². The highest BCUT2D eigenvalue weighted by Gasteiger charge is 2.43. The second-order valence-corrected chi connectivity index (χ2v) is 10.4. The third kappa shape index (κ3) is 4.77. The monoisotopic (exact) mass is 585 g/mol. The number of amides is 2. The van der Waals surface area contributed by atoms with Gasteiger partial charge >= 0.3 is 0 Å². The molecule has 2 heterocycles. The molecule has 0 unspecified atom stereocenters. The van der Waals surface area contributed by atoms with Gasteiger partial charge in [-0.3, -0.25) is 19.4 Å². The van der Waals surface area contributed by atoms with Gasteiger partial charge in [-0.2, -0.15) is 0 Å². The molecule has 2 saturated heterocycles. The Morgan fingerprint density at radius 1 is 0.794 bits per heavy atom. The summed E-state index contributed by atoms with van der Waals surface area (Å²) in [5.41, 5.74) is 3.08. The maximum atomic E-state index is 13.2. The SMILES string of the molecule is O=C1C[C@@H](N2CCN([C@@H](c3ccccc3)c3ccc(Cl)cc3)CC2)C(=O)N1c1ccc(I)cc1. The lowest BCUT2D eigenvalue weighted by Crippen LogP contribution is -2.53. The maximum absolute atomic E-state index is 13.2. The Balaban J connectivity index is 1.31. The van der Waals surface area contributed by atoms with E-state index in [4.69, 9.17) is 11.6 Å². The highest BCUT2D eigenvalue weighted by molar-refractivity contribution is 14.1. The molecule has 174 valence electrons. The fraction of sp³-hybridized carbons (Fsp3) is 0.259. The van der Waals surface area contributed by atoms with Crippen LogP contribution >= 0.6 is 34.2 Å². The molecule has 5 nitrogen and oxygen atoms in total. The van der Waals surface area contributed by atoms with Crippen molar-refractivity contribution in [1.82, 2.24) is 9.80 Å². The summed E-state index contributed by atoms with van der Waals surface area (Å²) >= 11 is 8.36. The molecule has 0 aliphatic carbocycles. The zero-order valence-electron chi connectivity index (χ0n) is 18.6. The lowest BCUT2D eigenvalue weighted by Gasteiger charge is -2.41. The third-order valence-corrected chi connectivity index (χ3v) is 7.63. The number of halogens is 2. The van der Waals surface area contributed by atoms with Gasteiger partial charge in [0.25, 0.3) is 5.91 Å². The van der Waals surface area contributed by atoms with Crippen LogP contribution in [0.3, 0.4) is 0 Å². The Kier molecular flexibility index (Phi) is 7.01. The van der Waals surface area contributed by atoms with Gasteiger partial charge in [0, 0.05) is 34.8 Å². The Bertz CT molecular complexity index is 1160. The lowest BCUT2D eigenvalue weighted by molar-refractivity contribution is -0.123. The van der Waals surface area contributed by atoms with Gasteiger partial charge in [-0.1, -0.05) is 54.1 Å². The summed E-state index contributed by atoms with van der Waals surface area (Å²) in [5, 5.41) is 0.725. The van der Waals surface area contributed by atoms with Crippen LogP contribution < -0.4 is 4.90 Å². The molecule has 3 aromatic carbocycles. The van der Waals surface area contributed by atoms with Crippen molar-refractivity contribution >= 4 is 51.7 Å². The Hall–Kier alpha value is -2.26. The van der Waals surface area contributed by atoms with E-state index < -0.39 is 0 Å². The minimum atomic E-state index is -0.389. The Labute approximate surface area is 218 Å². The first kappa shape index (κ1) is 23.5. The number of carbonyl (C=O) groups is 2. The van der Waals surface area contributed by atoms with Crippen molar-refractivity contribution in [3.05, 3.63) is 98.6 Å². The van der Waals surface area contributed by atoms with Crippen LogP contribution in [0.15, 0.2) is 78.9 Å². The minimum absolute atomic E-state index is 0.114. The van der Waals surface area contributed by atoms with Gasteiger partial charge in [0.2, 0.25) is 5.91 Å². The van der Waals surface area contributed by atoms with Crippen LogP contribution in [0, 0.1) is 3.57 Å². The van der Waals surface area contributed by atoms with Crippen molar-refractivity contribution < 1.29 is 9.59 Å². The first-order valence-electron chi connectivity index (χ1n) is 11.4. The van der Waals surface area contributed by atoms with Gasteiger partial charge < -0.3 is 0 Å². The van der Waals surface area contributed by atoms with Gasteiger partial charge in [-0.25, -0.2) is 4.90 Å². The van der Waals surface area contributed by atoms with E-state index in [0.717, 1.165) is 34.8 Å². The van der Waals surface area contributed by atoms with E-state index in [1.54, 1.807) is 0 Å². The van der Waals surface area contributed by atoms with Crippen LogP contribution in [0.1, 0.15) is 23.6 Å². The first-order valence-corrected chi connectivity index (χ1v) is 12.9. The quantitative estimate of drug-likeness (QED) is 0.313. The van der Waals surface area contributed by atoms with E-state index in [2.05, 4.69) is 68.8 Å². The van der Waals surface area contributed by atoms with Gasteiger partial charge in [0.05, 0.1) is 24.2 Å². The summed E-state index contributed by atoms with van der Waals surface area (Å²) in [7, 11) is 0. The number of piperazine rings is 1. The molecule has 2 amide bonds. The number of benzene rings is 3. The van der Waals surface area contributed by atoms with E-state index in [1.165, 1.54) is 16.0 Å². The summed E-state index contributed by atoms with van der Waals surface area (Å²) in [6, 6.07) is 25.8. The molecule has 0 spiro atoms.